The zero-order valence-electron chi connectivity index (χ0n) is 21.0. The molecule has 0 fully saturated rings. The van der Waals surface area contributed by atoms with Crippen LogP contribution in [0.15, 0.2) is 53.5 Å². The van der Waals surface area contributed by atoms with Gasteiger partial charge < -0.3 is 19.7 Å². The monoisotopic (exact) mass is 542 g/mol. The van der Waals surface area contributed by atoms with Crippen LogP contribution < -0.4 is 14.3 Å². The summed E-state index contributed by atoms with van der Waals surface area (Å²) in [4.78, 5) is 23.3. The van der Waals surface area contributed by atoms with Crippen molar-refractivity contribution in [2.24, 2.45) is 4.99 Å². The highest BCUT2D eigenvalue weighted by Gasteiger charge is 2.10. The first-order valence-corrected chi connectivity index (χ1v) is 14.1. The predicted molar refractivity (Wildman–Crippen MR) is 147 cm³/mol. The summed E-state index contributed by atoms with van der Waals surface area (Å²) < 4.78 is 21.6. The van der Waals surface area contributed by atoms with Gasteiger partial charge in [-0.05, 0) is 66.4 Å². The molecule has 2 aromatic carbocycles. The predicted octanol–water partition coefficient (Wildman–Crippen LogP) is 4.12. The number of rotatable bonds is 12. The third kappa shape index (κ3) is 8.54. The second-order valence-corrected chi connectivity index (χ2v) is 10.7. The number of phenols is 2. The fourth-order valence-electron chi connectivity index (χ4n) is 3.40. The number of ketones is 1. The molecule has 196 valence electrons. The maximum absolute atomic E-state index is 12.8. The molecule has 0 aliphatic rings. The number of carbonyl (C=O) groups excluding carboxylic acids is 1. The molecular formula is C27H30N2O6S2. The molecule has 2 N–H and O–H groups in total. The van der Waals surface area contributed by atoms with Crippen molar-refractivity contribution in [1.82, 2.24) is 4.98 Å². The fourth-order valence-corrected chi connectivity index (χ4v) is 4.97. The number of benzene rings is 2. The molecule has 0 radical (unpaired) electrons. The van der Waals surface area contributed by atoms with E-state index in [4.69, 9.17) is 9.47 Å². The Labute approximate surface area is 222 Å². The Bertz CT molecular complexity index is 1370. The molecule has 0 aliphatic carbocycles. The number of allylic oxidation sites excluding steroid dienone is 1. The summed E-state index contributed by atoms with van der Waals surface area (Å²) in [6.45, 7) is 0.541. The van der Waals surface area contributed by atoms with Crippen LogP contribution in [0.4, 0.5) is 0 Å². The van der Waals surface area contributed by atoms with E-state index in [0.29, 0.717) is 39.9 Å². The van der Waals surface area contributed by atoms with E-state index >= 15 is 0 Å². The summed E-state index contributed by atoms with van der Waals surface area (Å²) in [5, 5.41) is 19.7. The molecule has 3 rings (SSSR count). The van der Waals surface area contributed by atoms with Crippen molar-refractivity contribution >= 4 is 34.0 Å². The number of hydrogen-bond acceptors (Lipinski definition) is 9. The van der Waals surface area contributed by atoms with Crippen molar-refractivity contribution in [3.63, 3.8) is 0 Å². The van der Waals surface area contributed by atoms with Gasteiger partial charge in [-0.3, -0.25) is 14.0 Å². The third-order valence-corrected chi connectivity index (χ3v) is 7.15. The van der Waals surface area contributed by atoms with Crippen LogP contribution >= 0.6 is 11.3 Å². The number of unbranched alkanes of at least 4 members (excludes halogenated alkanes) is 1. The van der Waals surface area contributed by atoms with Gasteiger partial charge in [-0.1, -0.05) is 23.5 Å². The Kier molecular flexibility index (Phi) is 10.4. The molecule has 0 aliphatic heterocycles. The first-order valence-electron chi connectivity index (χ1n) is 11.6. The van der Waals surface area contributed by atoms with E-state index in [1.54, 1.807) is 42.7 Å². The van der Waals surface area contributed by atoms with Crippen molar-refractivity contribution in [2.45, 2.75) is 19.3 Å². The second kappa shape index (κ2) is 13.7. The van der Waals surface area contributed by atoms with Crippen LogP contribution in [-0.4, -0.2) is 58.0 Å². The highest BCUT2D eigenvalue weighted by molar-refractivity contribution is 7.84. The van der Waals surface area contributed by atoms with Gasteiger partial charge in [-0.2, -0.15) is 0 Å². The lowest BCUT2D eigenvalue weighted by Crippen LogP contribution is -2.11. The highest BCUT2D eigenvalue weighted by Crippen LogP contribution is 2.32. The maximum atomic E-state index is 12.8. The Hall–Kier alpha value is -3.50. The van der Waals surface area contributed by atoms with Gasteiger partial charge >= 0.3 is 0 Å². The van der Waals surface area contributed by atoms with Gasteiger partial charge in [0.1, 0.15) is 0 Å². The molecule has 0 saturated heterocycles. The minimum absolute atomic E-state index is 0.0262. The van der Waals surface area contributed by atoms with Crippen LogP contribution in [0, 0.1) is 0 Å². The molecule has 0 spiro atoms. The third-order valence-electron chi connectivity index (χ3n) is 5.31. The lowest BCUT2D eigenvalue weighted by molar-refractivity contribution is -0.114. The summed E-state index contributed by atoms with van der Waals surface area (Å²) in [6.07, 6.45) is 6.48. The summed E-state index contributed by atoms with van der Waals surface area (Å²) in [5.41, 5.74) is 2.08. The van der Waals surface area contributed by atoms with E-state index in [-0.39, 0.29) is 23.7 Å². The molecule has 3 aromatic rings. The van der Waals surface area contributed by atoms with Gasteiger partial charge in [0.25, 0.3) is 0 Å². The number of methoxy groups -OCH3 is 2. The molecule has 0 bridgehead atoms. The summed E-state index contributed by atoms with van der Waals surface area (Å²) in [5.74, 6) is 1.22. The summed E-state index contributed by atoms with van der Waals surface area (Å²) >= 11 is 1.38. The Morgan fingerprint density at radius 1 is 1.05 bits per heavy atom. The second-order valence-electron chi connectivity index (χ2n) is 8.16. The first kappa shape index (κ1) is 28.1. The van der Waals surface area contributed by atoms with Gasteiger partial charge in [0.15, 0.2) is 28.8 Å². The molecule has 0 amide bonds. The molecule has 0 saturated carbocycles. The lowest BCUT2D eigenvalue weighted by Gasteiger charge is -2.08. The van der Waals surface area contributed by atoms with E-state index in [2.05, 4.69) is 9.98 Å². The highest BCUT2D eigenvalue weighted by atomic mass is 32.2. The van der Waals surface area contributed by atoms with E-state index in [9.17, 15) is 19.2 Å². The Balaban J connectivity index is 1.86. The van der Waals surface area contributed by atoms with Crippen molar-refractivity contribution in [3.8, 4) is 33.4 Å². The van der Waals surface area contributed by atoms with Crippen LogP contribution in [0.2, 0.25) is 0 Å². The van der Waals surface area contributed by atoms with Crippen LogP contribution in [0.5, 0.6) is 23.0 Å². The van der Waals surface area contributed by atoms with Crippen molar-refractivity contribution in [2.75, 3.05) is 32.8 Å². The molecule has 1 aromatic heterocycles. The van der Waals surface area contributed by atoms with E-state index in [1.807, 2.05) is 6.07 Å². The van der Waals surface area contributed by atoms with Gasteiger partial charge in [0.2, 0.25) is 4.80 Å². The number of ether oxygens (including phenoxy) is 2. The largest absolute Gasteiger partial charge is 0.504 e. The maximum Gasteiger partial charge on any atom is 0.205 e. The number of aromatic hydroxyl groups is 2. The molecule has 1 heterocycles. The molecule has 8 nitrogen and oxygen atoms in total. The van der Waals surface area contributed by atoms with Gasteiger partial charge in [-0.15, -0.1) is 0 Å². The molecular weight excluding hydrogens is 512 g/mol. The van der Waals surface area contributed by atoms with Crippen molar-refractivity contribution < 1.29 is 28.7 Å². The van der Waals surface area contributed by atoms with Gasteiger partial charge in [0, 0.05) is 34.2 Å². The minimum Gasteiger partial charge on any atom is -0.504 e. The zero-order chi connectivity index (χ0) is 26.8. The van der Waals surface area contributed by atoms with Crippen molar-refractivity contribution in [1.29, 1.82) is 0 Å². The first-order chi connectivity index (χ1) is 17.8. The van der Waals surface area contributed by atoms with E-state index < -0.39 is 10.8 Å². The minimum atomic E-state index is -0.827. The number of carbonyl (C=O) groups is 1. The Morgan fingerprint density at radius 3 is 2.46 bits per heavy atom. The molecule has 1 unspecified atom stereocenters. The van der Waals surface area contributed by atoms with Gasteiger partial charge in [-0.25, -0.2) is 4.98 Å². The standard InChI is InChI=1S/C27H30N2O6S2/c1-34-24-14-18(7-10-22(24)31)6-9-21(30)16-20-17-26(19-8-11-23(32)25(15-19)35-2)36-27(29-20)28-12-4-5-13-37(3)33/h6-11,14-15,17,31-32H,4-5,12-13,16H2,1-3H3/b9-6+,28-27?. The van der Waals surface area contributed by atoms with Crippen LogP contribution in [-0.2, 0) is 22.0 Å². The van der Waals surface area contributed by atoms with E-state index in [0.717, 1.165) is 23.3 Å². The zero-order valence-corrected chi connectivity index (χ0v) is 22.6. The lowest BCUT2D eigenvalue weighted by atomic mass is 10.1. The summed E-state index contributed by atoms with van der Waals surface area (Å²) in [6, 6.07) is 11.7. The van der Waals surface area contributed by atoms with E-state index in [1.165, 1.54) is 37.7 Å². The fraction of sp³-hybridized carbons (Fsp3) is 0.296. The van der Waals surface area contributed by atoms with Crippen LogP contribution in [0.1, 0.15) is 24.1 Å². The molecule has 37 heavy (non-hydrogen) atoms. The molecule has 1 atom stereocenters. The normalized spacial score (nSPS) is 12.6. The van der Waals surface area contributed by atoms with Crippen LogP contribution in [0.25, 0.3) is 16.5 Å². The quantitative estimate of drug-likeness (QED) is 0.261. The number of hydrogen-bond donors (Lipinski definition) is 2. The average molecular weight is 543 g/mol. The number of aromatic nitrogens is 1. The van der Waals surface area contributed by atoms with Crippen LogP contribution in [0.3, 0.4) is 0 Å². The smallest absolute Gasteiger partial charge is 0.205 e. The topological polar surface area (TPSA) is 118 Å². The number of phenolic OH excluding ortho intramolecular Hbond substituents is 2. The number of nitrogens with zero attached hydrogens (tertiary/aromatic N) is 2. The SMILES string of the molecule is COc1cc(/C=C/C(=O)Cc2cc(-c3ccc(O)c(OC)c3)sc(=NCCCCS(C)=O)n2)ccc1O. The van der Waals surface area contributed by atoms with Gasteiger partial charge in [0.05, 0.1) is 26.3 Å². The average Bonchev–Trinajstić information content (AvgIpc) is 2.88. The molecule has 10 heteroatoms. The van der Waals surface area contributed by atoms with Crippen molar-refractivity contribution in [3.05, 3.63) is 64.6 Å². The summed E-state index contributed by atoms with van der Waals surface area (Å²) in [7, 11) is 2.12. The Morgan fingerprint density at radius 2 is 1.76 bits per heavy atom.